The average molecular weight is 233 g/mol. The van der Waals surface area contributed by atoms with Gasteiger partial charge in [-0.3, -0.25) is 0 Å². The summed E-state index contributed by atoms with van der Waals surface area (Å²) in [5.74, 6) is 0.615. The van der Waals surface area contributed by atoms with E-state index in [4.69, 9.17) is 5.73 Å². The molecule has 1 atom stereocenters. The van der Waals surface area contributed by atoms with E-state index in [0.717, 1.165) is 5.56 Å². The highest BCUT2D eigenvalue weighted by Crippen LogP contribution is 2.31. The van der Waals surface area contributed by atoms with E-state index in [0.29, 0.717) is 19.0 Å². The third-order valence-corrected chi connectivity index (χ3v) is 3.02. The van der Waals surface area contributed by atoms with Crippen molar-refractivity contribution in [3.05, 3.63) is 35.9 Å². The molecule has 1 aromatic rings. The minimum Gasteiger partial charge on any atom is -0.337 e. The van der Waals surface area contributed by atoms with E-state index in [2.05, 4.69) is 10.6 Å². The van der Waals surface area contributed by atoms with Crippen molar-refractivity contribution >= 4 is 6.03 Å². The molecule has 1 aliphatic carbocycles. The topological polar surface area (TPSA) is 67.1 Å². The van der Waals surface area contributed by atoms with Crippen molar-refractivity contribution in [2.24, 2.45) is 11.7 Å². The third kappa shape index (κ3) is 4.07. The van der Waals surface area contributed by atoms with Crippen LogP contribution >= 0.6 is 0 Å². The van der Waals surface area contributed by atoms with Gasteiger partial charge in [0.2, 0.25) is 0 Å². The zero-order valence-electron chi connectivity index (χ0n) is 9.86. The van der Waals surface area contributed by atoms with Crippen molar-refractivity contribution in [1.29, 1.82) is 0 Å². The summed E-state index contributed by atoms with van der Waals surface area (Å²) in [6, 6.07) is 9.79. The van der Waals surface area contributed by atoms with E-state index in [9.17, 15) is 4.79 Å². The number of carbonyl (C=O) groups excluding carboxylic acids is 1. The number of nitrogens with two attached hydrogens (primary N) is 1. The Morgan fingerprint density at radius 1 is 1.29 bits per heavy atom. The van der Waals surface area contributed by atoms with Crippen molar-refractivity contribution in [1.82, 2.24) is 10.6 Å². The maximum absolute atomic E-state index is 11.5. The molecule has 2 rings (SSSR count). The smallest absolute Gasteiger partial charge is 0.315 e. The van der Waals surface area contributed by atoms with Crippen LogP contribution in [0.3, 0.4) is 0 Å². The van der Waals surface area contributed by atoms with Crippen LogP contribution < -0.4 is 16.4 Å². The fourth-order valence-corrected chi connectivity index (χ4v) is 1.74. The molecule has 4 N–H and O–H groups in total. The second kappa shape index (κ2) is 5.68. The Balaban J connectivity index is 1.63. The second-order valence-electron chi connectivity index (χ2n) is 4.55. The normalized spacial score (nSPS) is 16.3. The molecule has 0 radical (unpaired) electrons. The highest BCUT2D eigenvalue weighted by molar-refractivity contribution is 5.73. The number of benzene rings is 1. The summed E-state index contributed by atoms with van der Waals surface area (Å²) in [5.41, 5.74) is 6.98. The highest BCUT2D eigenvalue weighted by Gasteiger charge is 2.28. The van der Waals surface area contributed by atoms with E-state index < -0.39 is 0 Å². The molecular weight excluding hydrogens is 214 g/mol. The molecule has 1 fully saturated rings. The van der Waals surface area contributed by atoms with Crippen LogP contribution in [0.1, 0.15) is 18.4 Å². The zero-order valence-corrected chi connectivity index (χ0v) is 9.86. The molecule has 0 bridgehead atoms. The van der Waals surface area contributed by atoms with Gasteiger partial charge in [-0.2, -0.15) is 0 Å². The Hall–Kier alpha value is -1.55. The quantitative estimate of drug-likeness (QED) is 0.716. The maximum atomic E-state index is 11.5. The lowest BCUT2D eigenvalue weighted by atomic mass is 10.2. The van der Waals surface area contributed by atoms with Gasteiger partial charge in [0, 0.05) is 19.1 Å². The third-order valence-electron chi connectivity index (χ3n) is 3.02. The van der Waals surface area contributed by atoms with Gasteiger partial charge >= 0.3 is 6.03 Å². The summed E-state index contributed by atoms with van der Waals surface area (Å²) in [7, 11) is 0. The number of rotatable bonds is 5. The largest absolute Gasteiger partial charge is 0.337 e. The molecule has 0 saturated heterocycles. The Morgan fingerprint density at radius 2 is 2.00 bits per heavy atom. The van der Waals surface area contributed by atoms with E-state index in [1.165, 1.54) is 12.8 Å². The molecule has 17 heavy (non-hydrogen) atoms. The van der Waals surface area contributed by atoms with Gasteiger partial charge in [0.1, 0.15) is 0 Å². The summed E-state index contributed by atoms with van der Waals surface area (Å²) in [5, 5.41) is 5.61. The molecular formula is C13H19N3O. The van der Waals surface area contributed by atoms with Gasteiger partial charge in [0.25, 0.3) is 0 Å². The van der Waals surface area contributed by atoms with Gasteiger partial charge in [0.05, 0.1) is 0 Å². The predicted molar refractivity (Wildman–Crippen MR) is 67.4 cm³/mol. The second-order valence-corrected chi connectivity index (χ2v) is 4.55. The summed E-state index contributed by atoms with van der Waals surface area (Å²) in [6.07, 6.45) is 2.41. The molecule has 4 nitrogen and oxygen atoms in total. The number of hydrogen-bond acceptors (Lipinski definition) is 2. The molecule has 1 unspecified atom stereocenters. The standard InChI is InChI=1S/C13H19N3O/c14-12(11-6-7-11)9-16-13(17)15-8-10-4-2-1-3-5-10/h1-5,11-12H,6-9,14H2,(H2,15,16,17). The van der Waals surface area contributed by atoms with Crippen LogP contribution in [0.25, 0.3) is 0 Å². The Morgan fingerprint density at radius 3 is 2.65 bits per heavy atom. The van der Waals surface area contributed by atoms with Gasteiger partial charge in [0.15, 0.2) is 0 Å². The molecule has 92 valence electrons. The van der Waals surface area contributed by atoms with Crippen molar-refractivity contribution in [3.8, 4) is 0 Å². The van der Waals surface area contributed by atoms with Gasteiger partial charge in [-0.1, -0.05) is 30.3 Å². The van der Waals surface area contributed by atoms with Crippen molar-refractivity contribution in [2.45, 2.75) is 25.4 Å². The van der Waals surface area contributed by atoms with Crippen LogP contribution in [0.15, 0.2) is 30.3 Å². The average Bonchev–Trinajstić information content (AvgIpc) is 3.19. The number of urea groups is 1. The van der Waals surface area contributed by atoms with Crippen LogP contribution in [0.4, 0.5) is 4.79 Å². The summed E-state index contributed by atoms with van der Waals surface area (Å²) in [4.78, 5) is 11.5. The van der Waals surface area contributed by atoms with Crippen molar-refractivity contribution in [3.63, 3.8) is 0 Å². The molecule has 0 spiro atoms. The van der Waals surface area contributed by atoms with E-state index in [1.54, 1.807) is 0 Å². The summed E-state index contributed by atoms with van der Waals surface area (Å²) >= 11 is 0. The summed E-state index contributed by atoms with van der Waals surface area (Å²) < 4.78 is 0. The first-order chi connectivity index (χ1) is 8.25. The first-order valence-electron chi connectivity index (χ1n) is 6.07. The number of nitrogens with one attached hydrogen (secondary N) is 2. The Bertz CT molecular complexity index is 362. The molecule has 0 heterocycles. The molecule has 2 amide bonds. The molecule has 1 saturated carbocycles. The molecule has 1 aromatic carbocycles. The fourth-order valence-electron chi connectivity index (χ4n) is 1.74. The lowest BCUT2D eigenvalue weighted by Gasteiger charge is -2.12. The van der Waals surface area contributed by atoms with Gasteiger partial charge in [-0.05, 0) is 24.3 Å². The van der Waals surface area contributed by atoms with Crippen LogP contribution in [0, 0.1) is 5.92 Å². The molecule has 4 heteroatoms. The van der Waals surface area contributed by atoms with Gasteiger partial charge in [-0.25, -0.2) is 4.79 Å². The monoisotopic (exact) mass is 233 g/mol. The SMILES string of the molecule is NC(CNC(=O)NCc1ccccc1)C1CC1. The first-order valence-corrected chi connectivity index (χ1v) is 6.07. The van der Waals surface area contributed by atoms with Crippen LogP contribution in [0.2, 0.25) is 0 Å². The Kier molecular flexibility index (Phi) is 3.98. The van der Waals surface area contributed by atoms with E-state index >= 15 is 0 Å². The minimum absolute atomic E-state index is 0.109. The van der Waals surface area contributed by atoms with Gasteiger partial charge < -0.3 is 16.4 Å². The lowest BCUT2D eigenvalue weighted by Crippen LogP contribution is -2.43. The molecule has 0 aliphatic heterocycles. The van der Waals surface area contributed by atoms with E-state index in [1.807, 2.05) is 30.3 Å². The van der Waals surface area contributed by atoms with Crippen LogP contribution in [-0.2, 0) is 6.54 Å². The van der Waals surface area contributed by atoms with Crippen molar-refractivity contribution < 1.29 is 4.79 Å². The van der Waals surface area contributed by atoms with Gasteiger partial charge in [-0.15, -0.1) is 0 Å². The molecule has 1 aliphatic rings. The first kappa shape index (κ1) is 11.9. The summed E-state index contributed by atoms with van der Waals surface area (Å²) in [6.45, 7) is 1.11. The van der Waals surface area contributed by atoms with Crippen LogP contribution in [0.5, 0.6) is 0 Å². The zero-order chi connectivity index (χ0) is 12.1. The number of hydrogen-bond donors (Lipinski definition) is 3. The number of carbonyl (C=O) groups is 1. The van der Waals surface area contributed by atoms with Crippen LogP contribution in [-0.4, -0.2) is 18.6 Å². The predicted octanol–water partition coefficient (Wildman–Crippen LogP) is 1.22. The maximum Gasteiger partial charge on any atom is 0.315 e. The number of amides is 2. The minimum atomic E-state index is -0.148. The highest BCUT2D eigenvalue weighted by atomic mass is 16.2. The lowest BCUT2D eigenvalue weighted by molar-refractivity contribution is 0.239. The Labute approximate surface area is 102 Å². The van der Waals surface area contributed by atoms with E-state index in [-0.39, 0.29) is 12.1 Å². The fraction of sp³-hybridized carbons (Fsp3) is 0.462. The molecule has 0 aromatic heterocycles. The van der Waals surface area contributed by atoms with Crippen molar-refractivity contribution in [2.75, 3.05) is 6.54 Å².